The summed E-state index contributed by atoms with van der Waals surface area (Å²) in [5, 5.41) is 0. The third-order valence-electron chi connectivity index (χ3n) is 2.23. The normalized spacial score (nSPS) is 11.8. The minimum absolute atomic E-state index is 0.0849. The number of hydrogen-bond acceptors (Lipinski definition) is 4. The van der Waals surface area contributed by atoms with Crippen molar-refractivity contribution in [2.24, 2.45) is 11.5 Å². The first-order valence-corrected chi connectivity index (χ1v) is 5.34. The highest BCUT2D eigenvalue weighted by Gasteiger charge is 2.15. The second kappa shape index (κ2) is 6.65. The molecule has 0 bridgehead atoms. The van der Waals surface area contributed by atoms with Crippen molar-refractivity contribution in [3.63, 3.8) is 0 Å². The molecule has 5 heteroatoms. The van der Waals surface area contributed by atoms with E-state index in [1.165, 1.54) is 0 Å². The van der Waals surface area contributed by atoms with Crippen molar-refractivity contribution in [1.29, 1.82) is 0 Å². The predicted octanol–water partition coefficient (Wildman–Crippen LogP) is 0.323. The molecule has 0 radical (unpaired) electrons. The van der Waals surface area contributed by atoms with Crippen LogP contribution in [0.1, 0.15) is 18.4 Å². The number of primary amides is 1. The Kier molecular flexibility index (Phi) is 5.16. The lowest BCUT2D eigenvalue weighted by Crippen LogP contribution is -2.33. The first-order valence-electron chi connectivity index (χ1n) is 5.34. The molecule has 1 unspecified atom stereocenters. The largest absolute Gasteiger partial charge is 0.460 e. The highest BCUT2D eigenvalue weighted by Crippen LogP contribution is 2.03. The van der Waals surface area contributed by atoms with E-state index in [2.05, 4.69) is 0 Å². The first kappa shape index (κ1) is 13.2. The monoisotopic (exact) mass is 236 g/mol. The molecule has 1 rings (SSSR count). The predicted molar refractivity (Wildman–Crippen MR) is 62.6 cm³/mol. The van der Waals surface area contributed by atoms with Crippen molar-refractivity contribution in [3.8, 4) is 0 Å². The van der Waals surface area contributed by atoms with Gasteiger partial charge in [0.2, 0.25) is 5.91 Å². The van der Waals surface area contributed by atoms with E-state index in [4.69, 9.17) is 16.2 Å². The standard InChI is InChI=1S/C12H16N2O3/c13-10(6-7-11(14)15)12(16)17-8-9-4-2-1-3-5-9/h1-5,10H,6-8,13H2,(H2,14,15). The van der Waals surface area contributed by atoms with Crippen LogP contribution < -0.4 is 11.5 Å². The quantitative estimate of drug-likeness (QED) is 0.695. The van der Waals surface area contributed by atoms with Gasteiger partial charge in [-0.2, -0.15) is 0 Å². The number of carbonyl (C=O) groups excluding carboxylic acids is 2. The van der Waals surface area contributed by atoms with E-state index < -0.39 is 17.9 Å². The van der Waals surface area contributed by atoms with Crippen LogP contribution in [-0.4, -0.2) is 17.9 Å². The Hall–Kier alpha value is -1.88. The van der Waals surface area contributed by atoms with Crippen molar-refractivity contribution in [1.82, 2.24) is 0 Å². The second-order valence-electron chi connectivity index (χ2n) is 3.70. The van der Waals surface area contributed by atoms with Crippen LogP contribution in [0.3, 0.4) is 0 Å². The van der Waals surface area contributed by atoms with Crippen molar-refractivity contribution in [3.05, 3.63) is 35.9 Å². The zero-order valence-electron chi connectivity index (χ0n) is 9.46. The molecular weight excluding hydrogens is 220 g/mol. The van der Waals surface area contributed by atoms with Crippen LogP contribution in [-0.2, 0) is 20.9 Å². The average Bonchev–Trinajstić information content (AvgIpc) is 2.34. The summed E-state index contributed by atoms with van der Waals surface area (Å²) in [4.78, 5) is 21.9. The van der Waals surface area contributed by atoms with Gasteiger partial charge in [-0.25, -0.2) is 0 Å². The molecule has 0 aliphatic carbocycles. The van der Waals surface area contributed by atoms with E-state index in [0.29, 0.717) is 0 Å². The zero-order chi connectivity index (χ0) is 12.7. The lowest BCUT2D eigenvalue weighted by atomic mass is 10.1. The van der Waals surface area contributed by atoms with Gasteiger partial charge in [-0.1, -0.05) is 30.3 Å². The number of nitrogens with two attached hydrogens (primary N) is 2. The molecule has 0 saturated carbocycles. The average molecular weight is 236 g/mol. The Bertz CT molecular complexity index is 379. The third-order valence-corrected chi connectivity index (χ3v) is 2.23. The van der Waals surface area contributed by atoms with E-state index in [1.54, 1.807) is 0 Å². The van der Waals surface area contributed by atoms with Crippen LogP contribution in [0.2, 0.25) is 0 Å². The summed E-state index contributed by atoms with van der Waals surface area (Å²) in [5.74, 6) is -0.994. The van der Waals surface area contributed by atoms with Crippen LogP contribution in [0.5, 0.6) is 0 Å². The summed E-state index contributed by atoms with van der Waals surface area (Å²) in [6, 6.07) is 8.49. The molecule has 0 saturated heterocycles. The van der Waals surface area contributed by atoms with Crippen LogP contribution in [0.15, 0.2) is 30.3 Å². The molecule has 0 aliphatic rings. The highest BCUT2D eigenvalue weighted by atomic mass is 16.5. The summed E-state index contributed by atoms with van der Waals surface area (Å²) in [7, 11) is 0. The summed E-state index contributed by atoms with van der Waals surface area (Å²) in [6.45, 7) is 0.184. The third kappa shape index (κ3) is 5.12. The lowest BCUT2D eigenvalue weighted by molar-refractivity contribution is -0.146. The van der Waals surface area contributed by atoms with Gasteiger partial charge < -0.3 is 16.2 Å². The minimum Gasteiger partial charge on any atom is -0.460 e. The molecule has 0 aromatic heterocycles. The summed E-state index contributed by atoms with van der Waals surface area (Å²) >= 11 is 0. The van der Waals surface area contributed by atoms with Gasteiger partial charge in [-0.05, 0) is 12.0 Å². The number of carbonyl (C=O) groups is 2. The summed E-state index contributed by atoms with van der Waals surface area (Å²) < 4.78 is 5.01. The first-order chi connectivity index (χ1) is 8.09. The van der Waals surface area contributed by atoms with Crippen LogP contribution in [0.4, 0.5) is 0 Å². The highest BCUT2D eigenvalue weighted by molar-refractivity contribution is 5.78. The van der Waals surface area contributed by atoms with Crippen molar-refractivity contribution in [2.75, 3.05) is 0 Å². The molecule has 0 heterocycles. The fraction of sp³-hybridized carbons (Fsp3) is 0.333. The molecule has 1 amide bonds. The number of amides is 1. The summed E-state index contributed by atoms with van der Waals surface area (Å²) in [5.41, 5.74) is 11.4. The van der Waals surface area contributed by atoms with Gasteiger partial charge in [-0.15, -0.1) is 0 Å². The molecule has 5 nitrogen and oxygen atoms in total. The molecule has 0 aliphatic heterocycles. The molecule has 4 N–H and O–H groups in total. The maximum absolute atomic E-state index is 11.4. The number of esters is 1. The lowest BCUT2D eigenvalue weighted by Gasteiger charge is -2.10. The maximum Gasteiger partial charge on any atom is 0.323 e. The van der Waals surface area contributed by atoms with Gasteiger partial charge in [0.1, 0.15) is 12.6 Å². The molecule has 1 atom stereocenters. The Morgan fingerprint density at radius 2 is 1.88 bits per heavy atom. The number of hydrogen-bond donors (Lipinski definition) is 2. The van der Waals surface area contributed by atoms with Gasteiger partial charge in [0, 0.05) is 6.42 Å². The van der Waals surface area contributed by atoms with E-state index in [-0.39, 0.29) is 19.4 Å². The Morgan fingerprint density at radius 3 is 2.47 bits per heavy atom. The fourth-order valence-corrected chi connectivity index (χ4v) is 1.25. The number of ether oxygens (including phenoxy) is 1. The van der Waals surface area contributed by atoms with Crippen molar-refractivity contribution < 1.29 is 14.3 Å². The van der Waals surface area contributed by atoms with Crippen LogP contribution in [0, 0.1) is 0 Å². The van der Waals surface area contributed by atoms with Crippen LogP contribution in [0.25, 0.3) is 0 Å². The zero-order valence-corrected chi connectivity index (χ0v) is 9.46. The molecular formula is C12H16N2O3. The minimum atomic E-state index is -0.800. The molecule has 92 valence electrons. The number of benzene rings is 1. The molecule has 1 aromatic carbocycles. The molecule has 0 fully saturated rings. The molecule has 1 aromatic rings. The Labute approximate surface area is 99.7 Å². The number of rotatable bonds is 6. The van der Waals surface area contributed by atoms with Gasteiger partial charge in [-0.3, -0.25) is 9.59 Å². The Morgan fingerprint density at radius 1 is 1.24 bits per heavy atom. The molecule has 17 heavy (non-hydrogen) atoms. The van der Waals surface area contributed by atoms with Gasteiger partial charge in [0.25, 0.3) is 0 Å². The van der Waals surface area contributed by atoms with Gasteiger partial charge in [0.15, 0.2) is 0 Å². The van der Waals surface area contributed by atoms with E-state index in [9.17, 15) is 9.59 Å². The van der Waals surface area contributed by atoms with E-state index in [0.717, 1.165) is 5.56 Å². The van der Waals surface area contributed by atoms with Crippen molar-refractivity contribution >= 4 is 11.9 Å². The molecule has 0 spiro atoms. The van der Waals surface area contributed by atoms with Gasteiger partial charge in [0.05, 0.1) is 0 Å². The van der Waals surface area contributed by atoms with Crippen molar-refractivity contribution in [2.45, 2.75) is 25.5 Å². The topological polar surface area (TPSA) is 95.4 Å². The Balaban J connectivity index is 2.32. The smallest absolute Gasteiger partial charge is 0.323 e. The summed E-state index contributed by atoms with van der Waals surface area (Å²) in [6.07, 6.45) is 0.296. The van der Waals surface area contributed by atoms with Crippen LogP contribution >= 0.6 is 0 Å². The van der Waals surface area contributed by atoms with Gasteiger partial charge >= 0.3 is 5.97 Å². The van der Waals surface area contributed by atoms with E-state index in [1.807, 2.05) is 30.3 Å². The fourth-order valence-electron chi connectivity index (χ4n) is 1.25. The SMILES string of the molecule is NC(=O)CCC(N)C(=O)OCc1ccccc1. The second-order valence-corrected chi connectivity index (χ2v) is 3.70. The van der Waals surface area contributed by atoms with E-state index >= 15 is 0 Å². The maximum atomic E-state index is 11.4.